The van der Waals surface area contributed by atoms with Gasteiger partial charge in [-0.15, -0.1) is 0 Å². The SMILES string of the molecule is CC(=O)OC1C[C@@H](NC(=O)CCCCCc2ccccc2)C[C@]2(c3cccc(O)c3)CCN(CC3CC3)C[C@@H]12. The number of ether oxygens (including phenoxy) is 1. The predicted octanol–water partition coefficient (Wildman–Crippen LogP) is 5.38. The Hall–Kier alpha value is -2.86. The molecule has 5 rings (SSSR count). The molecule has 0 aromatic heterocycles. The number of nitrogens with zero attached hydrogens (tertiary/aromatic N) is 1. The van der Waals surface area contributed by atoms with E-state index in [9.17, 15) is 14.7 Å². The molecule has 2 saturated carbocycles. The maximum Gasteiger partial charge on any atom is 0.302 e. The van der Waals surface area contributed by atoms with E-state index < -0.39 is 0 Å². The van der Waals surface area contributed by atoms with Crippen LogP contribution < -0.4 is 5.32 Å². The first-order valence-corrected chi connectivity index (χ1v) is 14.9. The van der Waals surface area contributed by atoms with Crippen LogP contribution in [0.15, 0.2) is 54.6 Å². The molecule has 2 aromatic carbocycles. The molecule has 39 heavy (non-hydrogen) atoms. The van der Waals surface area contributed by atoms with Crippen LogP contribution in [0.1, 0.15) is 75.8 Å². The van der Waals surface area contributed by atoms with E-state index in [1.54, 1.807) is 6.07 Å². The van der Waals surface area contributed by atoms with Gasteiger partial charge in [-0.25, -0.2) is 0 Å². The minimum absolute atomic E-state index is 0.0697. The largest absolute Gasteiger partial charge is 0.508 e. The number of carbonyl (C=O) groups is 2. The molecule has 2 N–H and O–H groups in total. The number of rotatable bonds is 11. The summed E-state index contributed by atoms with van der Waals surface area (Å²) < 4.78 is 5.99. The lowest BCUT2D eigenvalue weighted by Crippen LogP contribution is -2.61. The number of hydrogen-bond donors (Lipinski definition) is 2. The summed E-state index contributed by atoms with van der Waals surface area (Å²) >= 11 is 0. The molecule has 2 aliphatic carbocycles. The number of esters is 1. The lowest BCUT2D eigenvalue weighted by Gasteiger charge is -2.55. The smallest absolute Gasteiger partial charge is 0.302 e. The number of amides is 1. The molecule has 1 aliphatic heterocycles. The summed E-state index contributed by atoms with van der Waals surface area (Å²) in [6.45, 7) is 4.46. The van der Waals surface area contributed by atoms with Crippen molar-refractivity contribution in [3.63, 3.8) is 0 Å². The minimum atomic E-state index is -0.269. The number of carbonyl (C=O) groups excluding carboxylic acids is 2. The molecule has 1 amide bonds. The first-order valence-electron chi connectivity index (χ1n) is 14.9. The second kappa shape index (κ2) is 12.5. The van der Waals surface area contributed by atoms with E-state index in [-0.39, 0.29) is 41.1 Å². The number of fused-ring (bicyclic) bond motifs is 1. The lowest BCUT2D eigenvalue weighted by molar-refractivity contribution is -0.157. The number of phenolic OH excluding ortho intramolecular Hbond substituents is 1. The standard InChI is InChI=1S/C33H44N2O4/c1-24(36)39-31-20-28(34-32(38)14-7-3-6-11-25-9-4-2-5-10-25)21-33(27-12-8-13-29(37)19-27)17-18-35(23-30(31)33)22-26-15-16-26/h2,4-5,8-10,12-13,19,26,28,30-31,37H,3,6-7,11,14-18,20-23H2,1H3,(H,34,38)/t28-,30+,31?,33+/m1/s1. The van der Waals surface area contributed by atoms with Gasteiger partial charge in [0, 0.05) is 50.2 Å². The number of aromatic hydroxyl groups is 1. The summed E-state index contributed by atoms with van der Waals surface area (Å²) in [6, 6.07) is 18.0. The van der Waals surface area contributed by atoms with Crippen molar-refractivity contribution in [1.82, 2.24) is 10.2 Å². The second-order valence-electron chi connectivity index (χ2n) is 12.2. The van der Waals surface area contributed by atoms with Crippen molar-refractivity contribution < 1.29 is 19.4 Å². The van der Waals surface area contributed by atoms with Gasteiger partial charge in [-0.1, -0.05) is 48.9 Å². The highest BCUT2D eigenvalue weighted by Crippen LogP contribution is 2.51. The highest BCUT2D eigenvalue weighted by atomic mass is 16.5. The number of nitrogens with one attached hydrogen (secondary N) is 1. The Bertz CT molecular complexity index is 1120. The third-order valence-electron chi connectivity index (χ3n) is 9.14. The fraction of sp³-hybridized carbons (Fsp3) is 0.576. The van der Waals surface area contributed by atoms with E-state index in [4.69, 9.17) is 4.74 Å². The first kappa shape index (κ1) is 27.7. The number of phenols is 1. The van der Waals surface area contributed by atoms with Crippen molar-refractivity contribution in [2.75, 3.05) is 19.6 Å². The Kier molecular flexibility index (Phi) is 8.91. The molecule has 2 aromatic rings. The van der Waals surface area contributed by atoms with Crippen molar-refractivity contribution in [3.05, 3.63) is 65.7 Å². The molecule has 1 unspecified atom stereocenters. The normalized spacial score (nSPS) is 26.9. The quantitative estimate of drug-likeness (QED) is 0.300. The number of benzene rings is 2. The summed E-state index contributed by atoms with van der Waals surface area (Å²) in [4.78, 5) is 27.8. The molecule has 0 spiro atoms. The van der Waals surface area contributed by atoms with Crippen LogP contribution in [0.5, 0.6) is 5.75 Å². The predicted molar refractivity (Wildman–Crippen MR) is 152 cm³/mol. The Labute approximate surface area is 233 Å². The number of piperidine rings is 1. The summed E-state index contributed by atoms with van der Waals surface area (Å²) in [5.41, 5.74) is 2.18. The van der Waals surface area contributed by atoms with E-state index in [1.807, 2.05) is 18.2 Å². The number of aryl methyl sites for hydroxylation is 1. The van der Waals surface area contributed by atoms with E-state index in [0.29, 0.717) is 12.8 Å². The van der Waals surface area contributed by atoms with E-state index in [2.05, 4.69) is 40.5 Å². The molecular formula is C33H44N2O4. The molecule has 6 heteroatoms. The van der Waals surface area contributed by atoms with Crippen LogP contribution in [0.25, 0.3) is 0 Å². The minimum Gasteiger partial charge on any atom is -0.508 e. The van der Waals surface area contributed by atoms with Gasteiger partial charge in [0.25, 0.3) is 0 Å². The van der Waals surface area contributed by atoms with Crippen LogP contribution in [0, 0.1) is 11.8 Å². The van der Waals surface area contributed by atoms with Gasteiger partial charge in [0.2, 0.25) is 5.91 Å². The maximum atomic E-state index is 13.0. The molecule has 6 nitrogen and oxygen atoms in total. The van der Waals surface area contributed by atoms with Crippen LogP contribution in [0.4, 0.5) is 0 Å². The summed E-state index contributed by atoms with van der Waals surface area (Å²) in [7, 11) is 0. The molecule has 0 radical (unpaired) electrons. The highest BCUT2D eigenvalue weighted by molar-refractivity contribution is 5.76. The molecule has 210 valence electrons. The molecular weight excluding hydrogens is 488 g/mol. The van der Waals surface area contributed by atoms with Crippen molar-refractivity contribution in [2.24, 2.45) is 11.8 Å². The molecule has 3 aliphatic rings. The number of likely N-dealkylation sites (tertiary alicyclic amines) is 1. The third-order valence-corrected chi connectivity index (χ3v) is 9.14. The van der Waals surface area contributed by atoms with Gasteiger partial charge in [-0.3, -0.25) is 9.59 Å². The Morgan fingerprint density at radius 2 is 1.90 bits per heavy atom. The van der Waals surface area contributed by atoms with Gasteiger partial charge in [0.15, 0.2) is 0 Å². The van der Waals surface area contributed by atoms with Gasteiger partial charge in [-0.2, -0.15) is 0 Å². The van der Waals surface area contributed by atoms with Gasteiger partial charge in [-0.05, 0) is 80.7 Å². The van der Waals surface area contributed by atoms with Crippen molar-refractivity contribution >= 4 is 11.9 Å². The van der Waals surface area contributed by atoms with Crippen LogP contribution in [-0.4, -0.2) is 53.7 Å². The van der Waals surface area contributed by atoms with Gasteiger partial charge in [0.1, 0.15) is 11.9 Å². The zero-order valence-corrected chi connectivity index (χ0v) is 23.3. The average molecular weight is 533 g/mol. The van der Waals surface area contributed by atoms with Crippen LogP contribution >= 0.6 is 0 Å². The number of unbranched alkanes of at least 4 members (excludes halogenated alkanes) is 2. The monoisotopic (exact) mass is 532 g/mol. The Morgan fingerprint density at radius 3 is 2.64 bits per heavy atom. The summed E-state index contributed by atoms with van der Waals surface area (Å²) in [6.07, 6.45) is 9.26. The molecule has 4 atom stereocenters. The molecule has 3 fully saturated rings. The van der Waals surface area contributed by atoms with Gasteiger partial charge in [0.05, 0.1) is 0 Å². The van der Waals surface area contributed by atoms with Crippen LogP contribution in [0.3, 0.4) is 0 Å². The zero-order valence-electron chi connectivity index (χ0n) is 23.3. The lowest BCUT2D eigenvalue weighted by atomic mass is 9.57. The van der Waals surface area contributed by atoms with Crippen molar-refractivity contribution in [3.8, 4) is 5.75 Å². The number of hydrogen-bond acceptors (Lipinski definition) is 5. The highest BCUT2D eigenvalue weighted by Gasteiger charge is 2.54. The van der Waals surface area contributed by atoms with E-state index >= 15 is 0 Å². The average Bonchev–Trinajstić information content (AvgIpc) is 3.73. The van der Waals surface area contributed by atoms with Crippen molar-refractivity contribution in [2.45, 2.75) is 88.7 Å². The Morgan fingerprint density at radius 1 is 1.08 bits per heavy atom. The Balaban J connectivity index is 1.26. The summed E-state index contributed by atoms with van der Waals surface area (Å²) in [5.74, 6) is 0.994. The van der Waals surface area contributed by atoms with E-state index in [1.165, 1.54) is 25.3 Å². The summed E-state index contributed by atoms with van der Waals surface area (Å²) in [5, 5.41) is 13.7. The van der Waals surface area contributed by atoms with Crippen molar-refractivity contribution in [1.29, 1.82) is 0 Å². The molecule has 1 saturated heterocycles. The third kappa shape index (κ3) is 7.21. The van der Waals surface area contributed by atoms with Crippen LogP contribution in [0.2, 0.25) is 0 Å². The molecule has 0 bridgehead atoms. The fourth-order valence-electron chi connectivity index (χ4n) is 7.09. The topological polar surface area (TPSA) is 78.9 Å². The van der Waals surface area contributed by atoms with Gasteiger partial charge < -0.3 is 20.1 Å². The van der Waals surface area contributed by atoms with Crippen LogP contribution in [-0.2, 0) is 26.2 Å². The first-order chi connectivity index (χ1) is 18.9. The van der Waals surface area contributed by atoms with E-state index in [0.717, 1.165) is 69.6 Å². The fourth-order valence-corrected chi connectivity index (χ4v) is 7.09. The maximum absolute atomic E-state index is 13.0. The van der Waals surface area contributed by atoms with Gasteiger partial charge >= 0.3 is 5.97 Å². The zero-order chi connectivity index (χ0) is 27.2. The molecule has 1 heterocycles. The second-order valence-corrected chi connectivity index (χ2v) is 12.2.